The number of rotatable bonds is 2. The van der Waals surface area contributed by atoms with Gasteiger partial charge in [-0.1, -0.05) is 12.1 Å². The van der Waals surface area contributed by atoms with Crippen molar-refractivity contribution in [3.8, 4) is 0 Å². The second-order valence-electron chi connectivity index (χ2n) is 4.08. The maximum Gasteiger partial charge on any atom is 0.408 e. The number of benzene rings is 1. The fourth-order valence-electron chi connectivity index (χ4n) is 2.06. The summed E-state index contributed by atoms with van der Waals surface area (Å²) in [5.41, 5.74) is 0.649. The van der Waals surface area contributed by atoms with Crippen molar-refractivity contribution in [3.05, 3.63) is 35.6 Å². The topological polar surface area (TPSA) is 62.1 Å². The van der Waals surface area contributed by atoms with Crippen LogP contribution >= 0.6 is 0 Å². The van der Waals surface area contributed by atoms with E-state index < -0.39 is 12.1 Å². The molecule has 19 heavy (non-hydrogen) atoms. The highest BCUT2D eigenvalue weighted by molar-refractivity contribution is 5.87. The highest BCUT2D eigenvalue weighted by atomic mass is 19.1. The molecule has 0 radical (unpaired) electrons. The molecule has 2 rings (SSSR count). The maximum absolute atomic E-state index is 13.0. The van der Waals surface area contributed by atoms with Crippen LogP contribution in [0.5, 0.6) is 0 Å². The van der Waals surface area contributed by atoms with Gasteiger partial charge >= 0.3 is 6.09 Å². The third-order valence-electron chi connectivity index (χ3n) is 2.88. The fourth-order valence-corrected chi connectivity index (χ4v) is 2.06. The van der Waals surface area contributed by atoms with Crippen molar-refractivity contribution in [2.75, 3.05) is 19.7 Å². The molecule has 0 aromatic heterocycles. The van der Waals surface area contributed by atoms with Gasteiger partial charge in [-0.3, -0.25) is 9.89 Å². The molecule has 1 atom stereocenters. The zero-order valence-electron chi connectivity index (χ0n) is 10.5. The van der Waals surface area contributed by atoms with Gasteiger partial charge in [0.25, 0.3) is 0 Å². The standard InChI is InChI=1S/C13H15FN2O3/c1-2-19-12-11(9-3-5-10(14)6-4-9)16(13(17)18)8-7-15-12/h3-6,11H,2,7-8H2,1H3,(H,17,18). The Balaban J connectivity index is 2.37. The number of carbonyl (C=O) groups is 1. The van der Waals surface area contributed by atoms with E-state index >= 15 is 0 Å². The number of ether oxygens (including phenoxy) is 1. The lowest BCUT2D eigenvalue weighted by atomic mass is 10.0. The highest BCUT2D eigenvalue weighted by Gasteiger charge is 2.33. The molecule has 0 fully saturated rings. The average molecular weight is 266 g/mol. The van der Waals surface area contributed by atoms with Gasteiger partial charge in [-0.15, -0.1) is 0 Å². The van der Waals surface area contributed by atoms with E-state index in [0.29, 0.717) is 31.2 Å². The number of halogens is 1. The van der Waals surface area contributed by atoms with Crippen molar-refractivity contribution in [1.82, 2.24) is 4.90 Å². The smallest absolute Gasteiger partial charge is 0.408 e. The average Bonchev–Trinajstić information content (AvgIpc) is 2.40. The number of nitrogens with zero attached hydrogens (tertiary/aromatic N) is 2. The molecule has 1 aromatic carbocycles. The SMILES string of the molecule is CCOC1=NCCN(C(=O)O)C1c1ccc(F)cc1. The molecule has 1 aliphatic heterocycles. The Morgan fingerprint density at radius 2 is 2.21 bits per heavy atom. The largest absolute Gasteiger partial charge is 0.480 e. The van der Waals surface area contributed by atoms with Crippen LogP contribution in [0.1, 0.15) is 18.5 Å². The molecule has 1 N–H and O–H groups in total. The minimum atomic E-state index is -1.04. The van der Waals surface area contributed by atoms with Crippen LogP contribution in [0, 0.1) is 5.82 Å². The van der Waals surface area contributed by atoms with E-state index in [0.717, 1.165) is 0 Å². The molecule has 0 spiro atoms. The van der Waals surface area contributed by atoms with Gasteiger partial charge in [-0.25, -0.2) is 9.18 Å². The summed E-state index contributed by atoms with van der Waals surface area (Å²) in [6.45, 7) is 2.89. The molecule has 1 aliphatic rings. The lowest BCUT2D eigenvalue weighted by molar-refractivity contribution is 0.127. The zero-order valence-corrected chi connectivity index (χ0v) is 10.5. The quantitative estimate of drug-likeness (QED) is 0.893. The van der Waals surface area contributed by atoms with Gasteiger partial charge in [0, 0.05) is 6.54 Å². The summed E-state index contributed by atoms with van der Waals surface area (Å²) in [4.78, 5) is 16.8. The van der Waals surface area contributed by atoms with Crippen LogP contribution in [-0.4, -0.2) is 41.7 Å². The fraction of sp³-hybridized carbons (Fsp3) is 0.385. The molecular weight excluding hydrogens is 251 g/mol. The summed E-state index contributed by atoms with van der Waals surface area (Å²) >= 11 is 0. The molecule has 1 amide bonds. The van der Waals surface area contributed by atoms with Gasteiger partial charge < -0.3 is 9.84 Å². The van der Waals surface area contributed by atoms with E-state index in [2.05, 4.69) is 4.99 Å². The van der Waals surface area contributed by atoms with Gasteiger partial charge in [-0.2, -0.15) is 0 Å². The third kappa shape index (κ3) is 2.83. The minimum absolute atomic E-state index is 0.300. The number of aliphatic imine (C=N–C) groups is 1. The monoisotopic (exact) mass is 266 g/mol. The van der Waals surface area contributed by atoms with Gasteiger partial charge in [0.1, 0.15) is 11.9 Å². The van der Waals surface area contributed by atoms with Crippen molar-refractivity contribution in [2.45, 2.75) is 13.0 Å². The number of hydrogen-bond acceptors (Lipinski definition) is 3. The number of amides is 1. The summed E-state index contributed by atoms with van der Waals surface area (Å²) in [5.74, 6) is -0.000841. The van der Waals surface area contributed by atoms with Crippen molar-refractivity contribution >= 4 is 12.0 Å². The lowest BCUT2D eigenvalue weighted by Gasteiger charge is -2.33. The van der Waals surface area contributed by atoms with E-state index in [1.165, 1.54) is 17.0 Å². The Hall–Kier alpha value is -2.11. The molecule has 5 nitrogen and oxygen atoms in total. The predicted octanol–water partition coefficient (Wildman–Crippen LogP) is 2.30. The molecule has 0 aliphatic carbocycles. The zero-order chi connectivity index (χ0) is 13.8. The van der Waals surface area contributed by atoms with Crippen molar-refractivity contribution in [3.63, 3.8) is 0 Å². The third-order valence-corrected chi connectivity index (χ3v) is 2.88. The van der Waals surface area contributed by atoms with Crippen LogP contribution in [0.25, 0.3) is 0 Å². The Bertz CT molecular complexity index is 487. The van der Waals surface area contributed by atoms with Crippen molar-refractivity contribution in [1.29, 1.82) is 0 Å². The molecule has 1 aromatic rings. The van der Waals surface area contributed by atoms with Gasteiger partial charge in [0.2, 0.25) is 5.90 Å². The van der Waals surface area contributed by atoms with E-state index in [1.54, 1.807) is 12.1 Å². The second kappa shape index (κ2) is 5.69. The van der Waals surface area contributed by atoms with Crippen LogP contribution in [0.2, 0.25) is 0 Å². The van der Waals surface area contributed by atoms with Crippen LogP contribution in [-0.2, 0) is 4.74 Å². The van der Waals surface area contributed by atoms with Gasteiger partial charge in [0.15, 0.2) is 0 Å². The molecule has 6 heteroatoms. The van der Waals surface area contributed by atoms with Crippen molar-refractivity contribution in [2.24, 2.45) is 4.99 Å². The molecule has 102 valence electrons. The molecule has 1 unspecified atom stereocenters. The summed E-state index contributed by atoms with van der Waals surface area (Å²) in [6.07, 6.45) is -1.04. The maximum atomic E-state index is 13.0. The molecule has 1 heterocycles. The number of carboxylic acid groups (broad SMARTS) is 1. The number of hydrogen-bond donors (Lipinski definition) is 1. The molecule has 0 saturated carbocycles. The summed E-state index contributed by atoms with van der Waals surface area (Å²) in [5, 5.41) is 9.25. The Labute approximate surface area is 110 Å². The summed E-state index contributed by atoms with van der Waals surface area (Å²) in [6, 6.07) is 5.10. The lowest BCUT2D eigenvalue weighted by Crippen LogP contribution is -2.43. The van der Waals surface area contributed by atoms with Crippen LogP contribution < -0.4 is 0 Å². The van der Waals surface area contributed by atoms with Crippen molar-refractivity contribution < 1.29 is 19.0 Å². The van der Waals surface area contributed by atoms with E-state index in [4.69, 9.17) is 4.74 Å². The van der Waals surface area contributed by atoms with E-state index in [9.17, 15) is 14.3 Å². The Kier molecular flexibility index (Phi) is 3.99. The summed E-state index contributed by atoms with van der Waals surface area (Å²) in [7, 11) is 0. The van der Waals surface area contributed by atoms with Gasteiger partial charge in [-0.05, 0) is 24.6 Å². The molecule has 0 saturated heterocycles. The van der Waals surface area contributed by atoms with Crippen LogP contribution in [0.4, 0.5) is 9.18 Å². The normalized spacial score (nSPS) is 18.9. The van der Waals surface area contributed by atoms with E-state index in [-0.39, 0.29) is 5.82 Å². The second-order valence-corrected chi connectivity index (χ2v) is 4.08. The first-order chi connectivity index (χ1) is 9.13. The molecule has 0 bridgehead atoms. The first-order valence-corrected chi connectivity index (χ1v) is 6.05. The Morgan fingerprint density at radius 1 is 1.53 bits per heavy atom. The first kappa shape index (κ1) is 13.3. The van der Waals surface area contributed by atoms with Gasteiger partial charge in [0.05, 0.1) is 13.2 Å². The van der Waals surface area contributed by atoms with Crippen LogP contribution in [0.15, 0.2) is 29.3 Å². The van der Waals surface area contributed by atoms with E-state index in [1.807, 2.05) is 6.92 Å². The first-order valence-electron chi connectivity index (χ1n) is 6.05. The van der Waals surface area contributed by atoms with Crippen LogP contribution in [0.3, 0.4) is 0 Å². The highest BCUT2D eigenvalue weighted by Crippen LogP contribution is 2.26. The minimum Gasteiger partial charge on any atom is -0.480 e. The predicted molar refractivity (Wildman–Crippen MR) is 67.8 cm³/mol. The summed E-state index contributed by atoms with van der Waals surface area (Å²) < 4.78 is 18.4. The Morgan fingerprint density at radius 3 is 2.79 bits per heavy atom. The molecular formula is C13H15FN2O3.